The van der Waals surface area contributed by atoms with Crippen molar-refractivity contribution in [1.29, 1.82) is 0 Å². The molecule has 2 heterocycles. The second kappa shape index (κ2) is 4.61. The van der Waals surface area contributed by atoms with E-state index in [0.717, 1.165) is 25.8 Å². The molecule has 2 rings (SSSR count). The molecule has 5 heteroatoms. The molecule has 3 N–H and O–H groups in total. The van der Waals surface area contributed by atoms with Gasteiger partial charge < -0.3 is 16.0 Å². The molecule has 2 saturated heterocycles. The lowest BCUT2D eigenvalue weighted by molar-refractivity contribution is -0.123. The first-order valence-corrected chi connectivity index (χ1v) is 5.56. The zero-order chi connectivity index (χ0) is 10.7. The zero-order valence-electron chi connectivity index (χ0n) is 8.71. The van der Waals surface area contributed by atoms with Crippen LogP contribution in [0.4, 0.5) is 0 Å². The zero-order valence-corrected chi connectivity index (χ0v) is 8.71. The second-order valence-corrected chi connectivity index (χ2v) is 4.20. The third kappa shape index (κ3) is 2.68. The van der Waals surface area contributed by atoms with E-state index in [2.05, 4.69) is 16.0 Å². The molecule has 0 bridgehead atoms. The van der Waals surface area contributed by atoms with Gasteiger partial charge in [0.25, 0.3) is 0 Å². The van der Waals surface area contributed by atoms with Crippen molar-refractivity contribution < 1.29 is 9.59 Å². The predicted octanol–water partition coefficient (Wildman–Crippen LogP) is -0.867. The highest BCUT2D eigenvalue weighted by molar-refractivity contribution is 5.82. The van der Waals surface area contributed by atoms with Crippen molar-refractivity contribution in [2.24, 2.45) is 0 Å². The van der Waals surface area contributed by atoms with E-state index < -0.39 is 0 Å². The molecule has 1 unspecified atom stereocenters. The molecule has 0 aromatic carbocycles. The lowest BCUT2D eigenvalue weighted by atomic mass is 10.2. The first-order valence-electron chi connectivity index (χ1n) is 5.56. The Morgan fingerprint density at radius 1 is 1.47 bits per heavy atom. The van der Waals surface area contributed by atoms with E-state index in [-0.39, 0.29) is 23.9 Å². The SMILES string of the molecule is O=C1CCC(CNC(=O)[C@@H]2CCCN2)N1. The predicted molar refractivity (Wildman–Crippen MR) is 55.2 cm³/mol. The summed E-state index contributed by atoms with van der Waals surface area (Å²) >= 11 is 0. The Kier molecular flexibility index (Phi) is 3.20. The van der Waals surface area contributed by atoms with Crippen LogP contribution in [0.25, 0.3) is 0 Å². The minimum atomic E-state index is -0.0258. The van der Waals surface area contributed by atoms with Gasteiger partial charge in [-0.15, -0.1) is 0 Å². The summed E-state index contributed by atoms with van der Waals surface area (Å²) in [6.07, 6.45) is 3.40. The maximum atomic E-state index is 11.6. The van der Waals surface area contributed by atoms with Gasteiger partial charge in [-0.2, -0.15) is 0 Å². The summed E-state index contributed by atoms with van der Waals surface area (Å²) in [6, 6.07) is 0.102. The number of amides is 2. The Bertz CT molecular complexity index is 261. The molecule has 2 fully saturated rings. The average Bonchev–Trinajstić information content (AvgIpc) is 2.84. The largest absolute Gasteiger partial charge is 0.353 e. The average molecular weight is 211 g/mol. The van der Waals surface area contributed by atoms with Crippen LogP contribution in [0, 0.1) is 0 Å². The van der Waals surface area contributed by atoms with Gasteiger partial charge in [0.1, 0.15) is 0 Å². The van der Waals surface area contributed by atoms with E-state index in [4.69, 9.17) is 0 Å². The van der Waals surface area contributed by atoms with Crippen molar-refractivity contribution in [3.63, 3.8) is 0 Å². The van der Waals surface area contributed by atoms with E-state index in [1.807, 2.05) is 0 Å². The van der Waals surface area contributed by atoms with Gasteiger partial charge in [0.2, 0.25) is 11.8 Å². The topological polar surface area (TPSA) is 70.2 Å². The summed E-state index contributed by atoms with van der Waals surface area (Å²) in [4.78, 5) is 22.5. The first-order chi connectivity index (χ1) is 7.25. The Morgan fingerprint density at radius 3 is 2.93 bits per heavy atom. The van der Waals surface area contributed by atoms with Crippen molar-refractivity contribution in [1.82, 2.24) is 16.0 Å². The Labute approximate surface area is 89.0 Å². The minimum Gasteiger partial charge on any atom is -0.353 e. The third-order valence-electron chi connectivity index (χ3n) is 2.98. The number of carbonyl (C=O) groups excluding carboxylic acids is 2. The Morgan fingerprint density at radius 2 is 2.33 bits per heavy atom. The normalized spacial score (nSPS) is 30.3. The van der Waals surface area contributed by atoms with Crippen LogP contribution < -0.4 is 16.0 Å². The van der Waals surface area contributed by atoms with Gasteiger partial charge in [-0.1, -0.05) is 0 Å². The van der Waals surface area contributed by atoms with E-state index in [1.54, 1.807) is 0 Å². The van der Waals surface area contributed by atoms with Crippen molar-refractivity contribution in [2.45, 2.75) is 37.8 Å². The van der Waals surface area contributed by atoms with Gasteiger partial charge >= 0.3 is 0 Å². The van der Waals surface area contributed by atoms with E-state index in [9.17, 15) is 9.59 Å². The third-order valence-corrected chi connectivity index (χ3v) is 2.98. The monoisotopic (exact) mass is 211 g/mol. The van der Waals surface area contributed by atoms with Gasteiger partial charge in [-0.3, -0.25) is 9.59 Å². The lowest BCUT2D eigenvalue weighted by Gasteiger charge is -2.14. The number of rotatable bonds is 3. The standard InChI is InChI=1S/C10H17N3O2/c14-9-4-3-7(13-9)6-12-10(15)8-2-1-5-11-8/h7-8,11H,1-6H2,(H,12,15)(H,13,14)/t7?,8-/m0/s1. The van der Waals surface area contributed by atoms with E-state index in [1.165, 1.54) is 0 Å². The van der Waals surface area contributed by atoms with Gasteiger partial charge in [0.05, 0.1) is 6.04 Å². The van der Waals surface area contributed by atoms with Gasteiger partial charge in [-0.25, -0.2) is 0 Å². The van der Waals surface area contributed by atoms with Crippen molar-refractivity contribution >= 4 is 11.8 Å². The highest BCUT2D eigenvalue weighted by Gasteiger charge is 2.24. The molecular weight excluding hydrogens is 194 g/mol. The molecule has 5 nitrogen and oxygen atoms in total. The number of nitrogens with one attached hydrogen (secondary N) is 3. The minimum absolute atomic E-state index is 0.0258. The molecular formula is C10H17N3O2. The lowest BCUT2D eigenvalue weighted by Crippen LogP contribution is -2.45. The Hall–Kier alpha value is -1.10. The van der Waals surface area contributed by atoms with Crippen LogP contribution in [0.15, 0.2) is 0 Å². The van der Waals surface area contributed by atoms with Crippen LogP contribution in [0.1, 0.15) is 25.7 Å². The molecule has 0 aliphatic carbocycles. The molecule has 0 radical (unpaired) electrons. The molecule has 15 heavy (non-hydrogen) atoms. The van der Waals surface area contributed by atoms with Crippen LogP contribution in [0.2, 0.25) is 0 Å². The second-order valence-electron chi connectivity index (χ2n) is 4.20. The van der Waals surface area contributed by atoms with Crippen molar-refractivity contribution in [2.75, 3.05) is 13.1 Å². The van der Waals surface area contributed by atoms with Crippen LogP contribution in [-0.4, -0.2) is 37.0 Å². The van der Waals surface area contributed by atoms with Crippen molar-refractivity contribution in [3.8, 4) is 0 Å². The number of hydrogen-bond donors (Lipinski definition) is 3. The molecule has 0 aromatic rings. The summed E-state index contributed by atoms with van der Waals surface area (Å²) in [5, 5.41) is 8.84. The highest BCUT2D eigenvalue weighted by Crippen LogP contribution is 2.07. The maximum Gasteiger partial charge on any atom is 0.237 e. The molecule has 0 spiro atoms. The smallest absolute Gasteiger partial charge is 0.237 e. The fourth-order valence-electron chi connectivity index (χ4n) is 2.09. The van der Waals surface area contributed by atoms with Crippen LogP contribution in [0.3, 0.4) is 0 Å². The molecule has 0 aromatic heterocycles. The Balaban J connectivity index is 1.68. The van der Waals surface area contributed by atoms with Crippen LogP contribution in [-0.2, 0) is 9.59 Å². The molecule has 2 aliphatic rings. The summed E-state index contributed by atoms with van der Waals surface area (Å²) in [7, 11) is 0. The molecule has 2 atom stereocenters. The van der Waals surface area contributed by atoms with Gasteiger partial charge in [0.15, 0.2) is 0 Å². The summed E-state index contributed by atoms with van der Waals surface area (Å²) in [5.41, 5.74) is 0. The fraction of sp³-hybridized carbons (Fsp3) is 0.800. The first kappa shape index (κ1) is 10.4. The summed E-state index contributed by atoms with van der Waals surface area (Å²) in [5.74, 6) is 0.155. The van der Waals surface area contributed by atoms with Gasteiger partial charge in [-0.05, 0) is 25.8 Å². The van der Waals surface area contributed by atoms with Gasteiger partial charge in [0, 0.05) is 19.0 Å². The number of hydrogen-bond acceptors (Lipinski definition) is 3. The van der Waals surface area contributed by atoms with E-state index >= 15 is 0 Å². The molecule has 0 saturated carbocycles. The fourth-order valence-corrected chi connectivity index (χ4v) is 2.09. The van der Waals surface area contributed by atoms with E-state index in [0.29, 0.717) is 13.0 Å². The molecule has 84 valence electrons. The highest BCUT2D eigenvalue weighted by atomic mass is 16.2. The molecule has 2 aliphatic heterocycles. The molecule has 2 amide bonds. The number of carbonyl (C=O) groups is 2. The maximum absolute atomic E-state index is 11.6. The van der Waals surface area contributed by atoms with Crippen LogP contribution in [0.5, 0.6) is 0 Å². The summed E-state index contributed by atoms with van der Waals surface area (Å²) < 4.78 is 0. The summed E-state index contributed by atoms with van der Waals surface area (Å²) in [6.45, 7) is 1.49. The van der Waals surface area contributed by atoms with Crippen LogP contribution >= 0.6 is 0 Å². The quantitative estimate of drug-likeness (QED) is 0.568. The van der Waals surface area contributed by atoms with Crippen molar-refractivity contribution in [3.05, 3.63) is 0 Å².